The average Bonchev–Trinajstić information content (AvgIpc) is 3.00. The van der Waals surface area contributed by atoms with Gasteiger partial charge in [0.05, 0.1) is 17.3 Å². The summed E-state index contributed by atoms with van der Waals surface area (Å²) < 4.78 is 0. The van der Waals surface area contributed by atoms with Gasteiger partial charge in [0.25, 0.3) is 0 Å². The van der Waals surface area contributed by atoms with Crippen molar-refractivity contribution in [2.75, 3.05) is 11.9 Å². The molecule has 3 N–H and O–H groups in total. The lowest BCUT2D eigenvalue weighted by Crippen LogP contribution is -2.35. The number of benzene rings is 2. The molecule has 1 aliphatic rings. The molecule has 5 heteroatoms. The number of rotatable bonds is 3. The summed E-state index contributed by atoms with van der Waals surface area (Å²) in [7, 11) is 0. The molecular formula is C16H16N2O3. The van der Waals surface area contributed by atoms with Gasteiger partial charge in [0, 0.05) is 0 Å². The molecule has 0 aliphatic carbocycles. The molecule has 1 heterocycles. The third kappa shape index (κ3) is 2.73. The predicted octanol–water partition coefficient (Wildman–Crippen LogP) is 2.23. The summed E-state index contributed by atoms with van der Waals surface area (Å²) in [6.45, 7) is 0.821. The number of carboxylic acids is 1. The van der Waals surface area contributed by atoms with Crippen LogP contribution in [0.2, 0.25) is 0 Å². The molecule has 1 fully saturated rings. The Morgan fingerprint density at radius 2 is 1.90 bits per heavy atom. The Hall–Kier alpha value is -2.40. The highest BCUT2D eigenvalue weighted by atomic mass is 16.4. The summed E-state index contributed by atoms with van der Waals surface area (Å²) in [4.78, 5) is 23.6. The number of amides is 1. The van der Waals surface area contributed by atoms with Crippen LogP contribution in [0.1, 0.15) is 23.2 Å². The van der Waals surface area contributed by atoms with E-state index in [1.165, 1.54) is 0 Å². The summed E-state index contributed by atoms with van der Waals surface area (Å²) in [5, 5.41) is 16.9. The van der Waals surface area contributed by atoms with E-state index in [9.17, 15) is 14.7 Å². The third-order valence-electron chi connectivity index (χ3n) is 3.75. The van der Waals surface area contributed by atoms with E-state index in [4.69, 9.17) is 0 Å². The molecule has 21 heavy (non-hydrogen) atoms. The zero-order valence-electron chi connectivity index (χ0n) is 11.4. The van der Waals surface area contributed by atoms with E-state index < -0.39 is 5.97 Å². The molecule has 5 nitrogen and oxygen atoms in total. The van der Waals surface area contributed by atoms with Crippen LogP contribution in [-0.2, 0) is 4.79 Å². The molecule has 1 amide bonds. The SMILES string of the molecule is O=C(O)c1cc2ccccc2cc1NC(=O)[C@H]1CCCN1. The standard InChI is InChI=1S/C16H16N2O3/c19-15(13-6-3-7-17-13)18-14-9-11-5-2-1-4-10(11)8-12(14)16(20)21/h1-2,4-5,8-9,13,17H,3,6-7H2,(H,18,19)(H,20,21)/t13-/m1/s1. The molecule has 0 saturated carbocycles. The van der Waals surface area contributed by atoms with Gasteiger partial charge in [-0.15, -0.1) is 0 Å². The Morgan fingerprint density at radius 1 is 1.19 bits per heavy atom. The van der Waals surface area contributed by atoms with Gasteiger partial charge in [-0.05, 0) is 42.3 Å². The number of carbonyl (C=O) groups is 2. The number of carbonyl (C=O) groups excluding carboxylic acids is 1. The van der Waals surface area contributed by atoms with Crippen LogP contribution in [0.15, 0.2) is 36.4 Å². The van der Waals surface area contributed by atoms with Crippen molar-refractivity contribution >= 4 is 28.3 Å². The maximum Gasteiger partial charge on any atom is 0.337 e. The topological polar surface area (TPSA) is 78.4 Å². The Morgan fingerprint density at radius 3 is 2.52 bits per heavy atom. The van der Waals surface area contributed by atoms with Gasteiger partial charge < -0.3 is 15.7 Å². The van der Waals surface area contributed by atoms with Gasteiger partial charge >= 0.3 is 5.97 Å². The number of carboxylic acid groups (broad SMARTS) is 1. The lowest BCUT2D eigenvalue weighted by atomic mass is 10.0. The van der Waals surface area contributed by atoms with Crippen molar-refractivity contribution < 1.29 is 14.7 Å². The first-order chi connectivity index (χ1) is 10.1. The van der Waals surface area contributed by atoms with Crippen LogP contribution in [0, 0.1) is 0 Å². The van der Waals surface area contributed by atoms with E-state index in [0.29, 0.717) is 5.69 Å². The normalized spacial score (nSPS) is 17.8. The molecule has 1 atom stereocenters. The van der Waals surface area contributed by atoms with Crippen LogP contribution in [0.25, 0.3) is 10.8 Å². The van der Waals surface area contributed by atoms with Crippen LogP contribution in [0.3, 0.4) is 0 Å². The molecule has 1 saturated heterocycles. The highest BCUT2D eigenvalue weighted by molar-refractivity contribution is 6.06. The van der Waals surface area contributed by atoms with Crippen molar-refractivity contribution in [3.63, 3.8) is 0 Å². The second kappa shape index (κ2) is 5.54. The molecule has 0 radical (unpaired) electrons. The fraction of sp³-hybridized carbons (Fsp3) is 0.250. The van der Waals surface area contributed by atoms with Crippen molar-refractivity contribution in [2.45, 2.75) is 18.9 Å². The first kappa shape index (κ1) is 13.6. The first-order valence-electron chi connectivity index (χ1n) is 6.95. The average molecular weight is 284 g/mol. The second-order valence-corrected chi connectivity index (χ2v) is 5.19. The second-order valence-electron chi connectivity index (χ2n) is 5.19. The molecule has 3 rings (SSSR count). The lowest BCUT2D eigenvalue weighted by Gasteiger charge is -2.14. The highest BCUT2D eigenvalue weighted by Gasteiger charge is 2.23. The Bertz CT molecular complexity index is 706. The summed E-state index contributed by atoms with van der Waals surface area (Å²) in [6, 6.07) is 10.6. The molecule has 0 aromatic heterocycles. The minimum absolute atomic E-state index is 0.111. The summed E-state index contributed by atoms with van der Waals surface area (Å²) in [5.41, 5.74) is 0.458. The van der Waals surface area contributed by atoms with Crippen molar-refractivity contribution in [1.29, 1.82) is 0 Å². The molecule has 1 aliphatic heterocycles. The van der Waals surface area contributed by atoms with E-state index >= 15 is 0 Å². The van der Waals surface area contributed by atoms with Gasteiger partial charge in [-0.25, -0.2) is 4.79 Å². The maximum absolute atomic E-state index is 12.2. The van der Waals surface area contributed by atoms with Crippen molar-refractivity contribution in [2.24, 2.45) is 0 Å². The number of aromatic carboxylic acids is 1. The molecule has 0 unspecified atom stereocenters. The smallest absolute Gasteiger partial charge is 0.337 e. The first-order valence-corrected chi connectivity index (χ1v) is 6.95. The van der Waals surface area contributed by atoms with Crippen LogP contribution in [0.5, 0.6) is 0 Å². The predicted molar refractivity (Wildman–Crippen MR) is 80.6 cm³/mol. The van der Waals surface area contributed by atoms with Crippen LogP contribution in [-0.4, -0.2) is 29.6 Å². The van der Waals surface area contributed by atoms with E-state index in [2.05, 4.69) is 10.6 Å². The number of fused-ring (bicyclic) bond motifs is 1. The minimum Gasteiger partial charge on any atom is -0.478 e. The van der Waals surface area contributed by atoms with Crippen molar-refractivity contribution in [1.82, 2.24) is 5.32 Å². The molecule has 108 valence electrons. The number of nitrogens with one attached hydrogen (secondary N) is 2. The fourth-order valence-electron chi connectivity index (χ4n) is 2.65. The molecule has 2 aromatic carbocycles. The number of anilines is 1. The van der Waals surface area contributed by atoms with Crippen LogP contribution in [0.4, 0.5) is 5.69 Å². The number of hydrogen-bond acceptors (Lipinski definition) is 3. The Kier molecular flexibility index (Phi) is 3.58. The van der Waals surface area contributed by atoms with Gasteiger partial charge in [0.15, 0.2) is 0 Å². The van der Waals surface area contributed by atoms with Gasteiger partial charge in [0.2, 0.25) is 5.91 Å². The van der Waals surface area contributed by atoms with Crippen LogP contribution < -0.4 is 10.6 Å². The zero-order valence-corrected chi connectivity index (χ0v) is 11.4. The van der Waals surface area contributed by atoms with Gasteiger partial charge in [-0.1, -0.05) is 24.3 Å². The molecule has 0 bridgehead atoms. The summed E-state index contributed by atoms with van der Waals surface area (Å²) in [6.07, 6.45) is 1.74. The highest BCUT2D eigenvalue weighted by Crippen LogP contribution is 2.25. The van der Waals surface area contributed by atoms with Crippen LogP contribution >= 0.6 is 0 Å². The molecular weight excluding hydrogens is 268 g/mol. The lowest BCUT2D eigenvalue weighted by molar-refractivity contribution is -0.117. The molecule has 2 aromatic rings. The third-order valence-corrected chi connectivity index (χ3v) is 3.75. The van der Waals surface area contributed by atoms with E-state index in [1.54, 1.807) is 12.1 Å². The van der Waals surface area contributed by atoms with Crippen molar-refractivity contribution in [3.8, 4) is 0 Å². The molecule has 0 spiro atoms. The largest absolute Gasteiger partial charge is 0.478 e. The van der Waals surface area contributed by atoms with Gasteiger partial charge in [-0.3, -0.25) is 4.79 Å². The van der Waals surface area contributed by atoms with Gasteiger partial charge in [-0.2, -0.15) is 0 Å². The van der Waals surface area contributed by atoms with E-state index in [1.807, 2.05) is 24.3 Å². The van der Waals surface area contributed by atoms with Gasteiger partial charge in [0.1, 0.15) is 0 Å². The van der Waals surface area contributed by atoms with Crippen molar-refractivity contribution in [3.05, 3.63) is 42.0 Å². The Labute approximate surface area is 122 Å². The zero-order chi connectivity index (χ0) is 14.8. The monoisotopic (exact) mass is 284 g/mol. The Balaban J connectivity index is 1.97. The van der Waals surface area contributed by atoms with E-state index in [0.717, 1.165) is 30.2 Å². The quantitative estimate of drug-likeness (QED) is 0.807. The summed E-state index contributed by atoms with van der Waals surface area (Å²) >= 11 is 0. The van der Waals surface area contributed by atoms with E-state index in [-0.39, 0.29) is 17.5 Å². The maximum atomic E-state index is 12.2. The fourth-order valence-corrected chi connectivity index (χ4v) is 2.65. The summed E-state index contributed by atoms with van der Waals surface area (Å²) in [5.74, 6) is -1.22. The minimum atomic E-state index is -1.05. The number of hydrogen-bond donors (Lipinski definition) is 3.